The molecule has 27 heavy (non-hydrogen) atoms. The van der Waals surface area contributed by atoms with E-state index < -0.39 is 17.2 Å². The highest BCUT2D eigenvalue weighted by atomic mass is 16.5. The van der Waals surface area contributed by atoms with Gasteiger partial charge in [-0.15, -0.1) is 0 Å². The standard InChI is InChI=1S/C18H27N5O4/c1-5-27-14(24)11-23-13(10-22-8-6-12(2)7-9-22)19-16-15(23)17(25)21(4)18(26)20(16)3/h12H,5-11H2,1-4H3. The summed E-state index contributed by atoms with van der Waals surface area (Å²) in [5.41, 5.74) is -0.337. The van der Waals surface area contributed by atoms with E-state index in [0.29, 0.717) is 23.9 Å². The molecule has 0 aromatic carbocycles. The molecular weight excluding hydrogens is 350 g/mol. The summed E-state index contributed by atoms with van der Waals surface area (Å²) < 4.78 is 9.06. The third-order valence-electron chi connectivity index (χ3n) is 5.26. The zero-order valence-corrected chi connectivity index (χ0v) is 16.4. The van der Waals surface area contributed by atoms with Crippen molar-refractivity contribution in [3.8, 4) is 0 Å². The molecule has 0 radical (unpaired) electrons. The van der Waals surface area contributed by atoms with Gasteiger partial charge in [-0.1, -0.05) is 6.92 Å². The van der Waals surface area contributed by atoms with Crippen molar-refractivity contribution in [2.45, 2.75) is 39.8 Å². The molecule has 2 aromatic heterocycles. The van der Waals surface area contributed by atoms with E-state index in [1.165, 1.54) is 11.6 Å². The Bertz CT molecular complexity index is 963. The quantitative estimate of drug-likeness (QED) is 0.693. The fourth-order valence-corrected chi connectivity index (χ4v) is 3.54. The van der Waals surface area contributed by atoms with Crippen LogP contribution in [-0.4, -0.2) is 49.3 Å². The summed E-state index contributed by atoms with van der Waals surface area (Å²) in [6.07, 6.45) is 2.22. The first-order valence-electron chi connectivity index (χ1n) is 9.36. The Balaban J connectivity index is 2.09. The van der Waals surface area contributed by atoms with Crippen LogP contribution in [0.3, 0.4) is 0 Å². The van der Waals surface area contributed by atoms with Crippen LogP contribution < -0.4 is 11.2 Å². The van der Waals surface area contributed by atoms with Gasteiger partial charge in [-0.2, -0.15) is 0 Å². The Kier molecular flexibility index (Phi) is 5.50. The Morgan fingerprint density at radius 3 is 2.48 bits per heavy atom. The number of imidazole rings is 1. The van der Waals surface area contributed by atoms with Crippen LogP contribution in [0.1, 0.15) is 32.5 Å². The number of likely N-dealkylation sites (tertiary alicyclic amines) is 1. The van der Waals surface area contributed by atoms with E-state index in [0.717, 1.165) is 30.5 Å². The third-order valence-corrected chi connectivity index (χ3v) is 5.26. The number of aryl methyl sites for hydroxylation is 1. The van der Waals surface area contributed by atoms with Crippen molar-refractivity contribution < 1.29 is 9.53 Å². The Labute approximate surface area is 157 Å². The zero-order valence-electron chi connectivity index (χ0n) is 16.4. The molecule has 1 aliphatic rings. The van der Waals surface area contributed by atoms with Gasteiger partial charge in [0.05, 0.1) is 13.2 Å². The van der Waals surface area contributed by atoms with E-state index in [1.54, 1.807) is 18.5 Å². The van der Waals surface area contributed by atoms with Gasteiger partial charge in [0.15, 0.2) is 11.2 Å². The number of hydrogen-bond acceptors (Lipinski definition) is 6. The summed E-state index contributed by atoms with van der Waals surface area (Å²) in [6, 6.07) is 0. The van der Waals surface area contributed by atoms with Crippen molar-refractivity contribution in [2.75, 3.05) is 19.7 Å². The normalized spacial score (nSPS) is 16.1. The first-order chi connectivity index (χ1) is 12.8. The monoisotopic (exact) mass is 377 g/mol. The lowest BCUT2D eigenvalue weighted by atomic mass is 9.99. The van der Waals surface area contributed by atoms with Crippen LogP contribution in [0.2, 0.25) is 0 Å². The molecule has 0 atom stereocenters. The molecule has 0 spiro atoms. The smallest absolute Gasteiger partial charge is 0.332 e. The lowest BCUT2D eigenvalue weighted by molar-refractivity contribution is -0.143. The van der Waals surface area contributed by atoms with E-state index in [2.05, 4.69) is 16.8 Å². The molecule has 2 aromatic rings. The summed E-state index contributed by atoms with van der Waals surface area (Å²) in [7, 11) is 3.01. The molecule has 1 fully saturated rings. The van der Waals surface area contributed by atoms with Crippen LogP contribution in [0.4, 0.5) is 0 Å². The highest BCUT2D eigenvalue weighted by molar-refractivity contribution is 5.76. The number of piperidine rings is 1. The van der Waals surface area contributed by atoms with E-state index in [1.807, 2.05) is 0 Å². The molecule has 9 nitrogen and oxygen atoms in total. The van der Waals surface area contributed by atoms with E-state index >= 15 is 0 Å². The summed E-state index contributed by atoms with van der Waals surface area (Å²) in [5.74, 6) is 0.875. The number of fused-ring (bicyclic) bond motifs is 1. The molecule has 9 heteroatoms. The minimum atomic E-state index is -0.455. The van der Waals surface area contributed by atoms with Crippen LogP contribution in [-0.2, 0) is 36.7 Å². The van der Waals surface area contributed by atoms with Crippen molar-refractivity contribution in [3.63, 3.8) is 0 Å². The number of nitrogens with zero attached hydrogens (tertiary/aromatic N) is 5. The summed E-state index contributed by atoms with van der Waals surface area (Å²) in [5, 5.41) is 0. The minimum absolute atomic E-state index is 0.0998. The van der Waals surface area contributed by atoms with Gasteiger partial charge in [0.25, 0.3) is 5.56 Å². The van der Waals surface area contributed by atoms with Crippen molar-refractivity contribution in [2.24, 2.45) is 20.0 Å². The fraction of sp³-hybridized carbons (Fsp3) is 0.667. The maximum atomic E-state index is 12.7. The molecule has 148 valence electrons. The van der Waals surface area contributed by atoms with Crippen LogP contribution in [0.25, 0.3) is 11.2 Å². The highest BCUT2D eigenvalue weighted by Gasteiger charge is 2.24. The average molecular weight is 377 g/mol. The number of carbonyl (C=O) groups is 1. The second-order valence-corrected chi connectivity index (χ2v) is 7.26. The van der Waals surface area contributed by atoms with Crippen LogP contribution >= 0.6 is 0 Å². The lowest BCUT2D eigenvalue weighted by Gasteiger charge is -2.29. The second kappa shape index (κ2) is 7.67. The van der Waals surface area contributed by atoms with Gasteiger partial charge >= 0.3 is 11.7 Å². The molecule has 0 bridgehead atoms. The maximum Gasteiger partial charge on any atom is 0.332 e. The van der Waals surface area contributed by atoms with Gasteiger partial charge in [-0.25, -0.2) is 9.78 Å². The number of esters is 1. The van der Waals surface area contributed by atoms with E-state index in [-0.39, 0.29) is 18.7 Å². The number of ether oxygens (including phenoxy) is 1. The van der Waals surface area contributed by atoms with Gasteiger partial charge in [-0.3, -0.25) is 23.6 Å². The number of rotatable bonds is 5. The Morgan fingerprint density at radius 1 is 1.19 bits per heavy atom. The predicted octanol–water partition coefficient (Wildman–Crippen LogP) is 0.229. The zero-order chi connectivity index (χ0) is 19.7. The fourth-order valence-electron chi connectivity index (χ4n) is 3.54. The molecular formula is C18H27N5O4. The summed E-state index contributed by atoms with van der Waals surface area (Å²) in [6.45, 7) is 6.56. The summed E-state index contributed by atoms with van der Waals surface area (Å²) >= 11 is 0. The molecule has 0 N–H and O–H groups in total. The van der Waals surface area contributed by atoms with Crippen molar-refractivity contribution in [1.82, 2.24) is 23.6 Å². The van der Waals surface area contributed by atoms with Crippen molar-refractivity contribution in [1.29, 1.82) is 0 Å². The highest BCUT2D eigenvalue weighted by Crippen LogP contribution is 2.19. The third kappa shape index (κ3) is 3.69. The van der Waals surface area contributed by atoms with Gasteiger partial charge in [0, 0.05) is 14.1 Å². The molecule has 0 saturated carbocycles. The van der Waals surface area contributed by atoms with Gasteiger partial charge in [0.2, 0.25) is 0 Å². The van der Waals surface area contributed by atoms with Crippen LogP contribution in [0.5, 0.6) is 0 Å². The van der Waals surface area contributed by atoms with E-state index in [9.17, 15) is 14.4 Å². The first kappa shape index (κ1) is 19.3. The maximum absolute atomic E-state index is 12.7. The lowest BCUT2D eigenvalue weighted by Crippen LogP contribution is -2.38. The van der Waals surface area contributed by atoms with E-state index in [4.69, 9.17) is 4.74 Å². The van der Waals surface area contributed by atoms with Crippen LogP contribution in [0, 0.1) is 5.92 Å². The Hall–Kier alpha value is -2.42. The number of aromatic nitrogens is 4. The number of hydrogen-bond donors (Lipinski definition) is 0. The largest absolute Gasteiger partial charge is 0.465 e. The van der Waals surface area contributed by atoms with Gasteiger partial charge in [-0.05, 0) is 38.8 Å². The molecule has 3 rings (SSSR count). The van der Waals surface area contributed by atoms with Crippen LogP contribution in [0.15, 0.2) is 9.59 Å². The van der Waals surface area contributed by atoms with Crippen molar-refractivity contribution in [3.05, 3.63) is 26.7 Å². The molecule has 1 aliphatic heterocycles. The average Bonchev–Trinajstić information content (AvgIpc) is 2.98. The molecule has 1 saturated heterocycles. The summed E-state index contributed by atoms with van der Waals surface area (Å²) in [4.78, 5) is 43.9. The van der Waals surface area contributed by atoms with Gasteiger partial charge < -0.3 is 9.30 Å². The molecule has 0 amide bonds. The number of carbonyl (C=O) groups excluding carboxylic acids is 1. The molecule has 3 heterocycles. The minimum Gasteiger partial charge on any atom is -0.465 e. The first-order valence-corrected chi connectivity index (χ1v) is 9.36. The van der Waals surface area contributed by atoms with Crippen molar-refractivity contribution >= 4 is 17.1 Å². The molecule has 0 unspecified atom stereocenters. The topological polar surface area (TPSA) is 91.4 Å². The molecule has 0 aliphatic carbocycles. The predicted molar refractivity (Wildman–Crippen MR) is 101 cm³/mol. The van der Waals surface area contributed by atoms with Gasteiger partial charge in [0.1, 0.15) is 12.4 Å². The Morgan fingerprint density at radius 2 is 1.85 bits per heavy atom. The SMILES string of the molecule is CCOC(=O)Cn1c(CN2CCC(C)CC2)nc2c1c(=O)n(C)c(=O)n2C. The second-order valence-electron chi connectivity index (χ2n) is 7.26.